The van der Waals surface area contributed by atoms with E-state index >= 15 is 0 Å². The van der Waals surface area contributed by atoms with E-state index in [0.29, 0.717) is 6.07 Å². The Bertz CT molecular complexity index is 685. The van der Waals surface area contributed by atoms with Gasteiger partial charge in [-0.25, -0.2) is 8.78 Å². The maximum atomic E-state index is 13.3. The number of oxime groups is 1. The van der Waals surface area contributed by atoms with Gasteiger partial charge in [0.15, 0.2) is 0 Å². The van der Waals surface area contributed by atoms with Crippen molar-refractivity contribution in [1.82, 2.24) is 0 Å². The first-order chi connectivity index (χ1) is 10.5. The Hall–Kier alpha value is -2.76. The zero-order valence-corrected chi connectivity index (χ0v) is 11.8. The first-order valence-electron chi connectivity index (χ1n) is 6.51. The molecule has 0 heterocycles. The Labute approximate surface area is 126 Å². The molecular weight excluding hydrogens is 290 g/mol. The van der Waals surface area contributed by atoms with Crippen molar-refractivity contribution in [3.8, 4) is 0 Å². The second kappa shape index (κ2) is 7.31. The van der Waals surface area contributed by atoms with Crippen LogP contribution in [-0.4, -0.2) is 12.1 Å². The van der Waals surface area contributed by atoms with E-state index in [-0.39, 0.29) is 12.3 Å². The van der Waals surface area contributed by atoms with Crippen molar-refractivity contribution >= 4 is 17.8 Å². The third kappa shape index (κ3) is 4.66. The number of halogens is 2. The van der Waals surface area contributed by atoms with Gasteiger partial charge in [0, 0.05) is 6.07 Å². The minimum absolute atomic E-state index is 0.128. The standard InChI is InChI=1S/C16H14F2N2O2/c1-11-2-4-12(5-3-11)10-22-19-9-16(21)20-15-7-6-13(17)8-14(15)18/h2-9H,10H2,1H3,(H,20,21)/b19-9+. The predicted octanol–water partition coefficient (Wildman–Crippen LogP) is 3.41. The molecule has 0 saturated carbocycles. The van der Waals surface area contributed by atoms with Crippen LogP contribution in [0.4, 0.5) is 14.5 Å². The second-order valence-electron chi connectivity index (χ2n) is 4.61. The van der Waals surface area contributed by atoms with Crippen molar-refractivity contribution in [3.63, 3.8) is 0 Å². The molecule has 22 heavy (non-hydrogen) atoms. The Morgan fingerprint density at radius 3 is 2.64 bits per heavy atom. The molecule has 1 N–H and O–H groups in total. The summed E-state index contributed by atoms with van der Waals surface area (Å²) in [5.41, 5.74) is 1.91. The van der Waals surface area contributed by atoms with Crippen molar-refractivity contribution in [2.75, 3.05) is 5.32 Å². The molecule has 0 aliphatic rings. The molecule has 1 amide bonds. The van der Waals surface area contributed by atoms with E-state index < -0.39 is 17.5 Å². The fourth-order valence-electron chi connectivity index (χ4n) is 1.64. The number of benzene rings is 2. The van der Waals surface area contributed by atoms with Gasteiger partial charge in [-0.3, -0.25) is 4.79 Å². The number of carbonyl (C=O) groups is 1. The number of nitrogens with one attached hydrogen (secondary N) is 1. The van der Waals surface area contributed by atoms with Crippen LogP contribution >= 0.6 is 0 Å². The maximum absolute atomic E-state index is 13.3. The van der Waals surface area contributed by atoms with Crippen LogP contribution in [0.1, 0.15) is 11.1 Å². The molecule has 2 rings (SSSR count). The fraction of sp³-hybridized carbons (Fsp3) is 0.125. The maximum Gasteiger partial charge on any atom is 0.270 e. The van der Waals surface area contributed by atoms with Gasteiger partial charge in [0.1, 0.15) is 24.5 Å². The second-order valence-corrected chi connectivity index (χ2v) is 4.61. The highest BCUT2D eigenvalue weighted by molar-refractivity contribution is 6.31. The Morgan fingerprint density at radius 2 is 1.95 bits per heavy atom. The number of rotatable bonds is 5. The minimum Gasteiger partial charge on any atom is -0.391 e. The summed E-state index contributed by atoms with van der Waals surface area (Å²) in [6.45, 7) is 2.19. The van der Waals surface area contributed by atoms with Crippen LogP contribution in [0.15, 0.2) is 47.6 Å². The van der Waals surface area contributed by atoms with Gasteiger partial charge in [-0.1, -0.05) is 35.0 Å². The number of aryl methyl sites for hydroxylation is 1. The quantitative estimate of drug-likeness (QED) is 0.680. The molecular formula is C16H14F2N2O2. The van der Waals surface area contributed by atoms with E-state index in [9.17, 15) is 13.6 Å². The van der Waals surface area contributed by atoms with Gasteiger partial charge in [0.05, 0.1) is 5.69 Å². The number of anilines is 1. The number of hydrogen-bond donors (Lipinski definition) is 1. The van der Waals surface area contributed by atoms with Gasteiger partial charge < -0.3 is 10.2 Å². The topological polar surface area (TPSA) is 50.7 Å². The summed E-state index contributed by atoms with van der Waals surface area (Å²) in [6, 6.07) is 10.5. The lowest BCUT2D eigenvalue weighted by Crippen LogP contribution is -2.14. The molecule has 4 nitrogen and oxygen atoms in total. The predicted molar refractivity (Wildman–Crippen MR) is 79.4 cm³/mol. The highest BCUT2D eigenvalue weighted by Gasteiger charge is 2.06. The third-order valence-electron chi connectivity index (χ3n) is 2.79. The van der Waals surface area contributed by atoms with Crippen LogP contribution in [-0.2, 0) is 16.2 Å². The highest BCUT2D eigenvalue weighted by Crippen LogP contribution is 2.14. The number of amides is 1. The fourth-order valence-corrected chi connectivity index (χ4v) is 1.64. The Morgan fingerprint density at radius 1 is 1.23 bits per heavy atom. The van der Waals surface area contributed by atoms with Gasteiger partial charge >= 0.3 is 0 Å². The molecule has 0 fully saturated rings. The summed E-state index contributed by atoms with van der Waals surface area (Å²) in [6.07, 6.45) is 0.886. The summed E-state index contributed by atoms with van der Waals surface area (Å²) in [7, 11) is 0. The molecule has 0 atom stereocenters. The SMILES string of the molecule is Cc1ccc(CO/N=C/C(=O)Nc2ccc(F)cc2F)cc1. The van der Waals surface area contributed by atoms with Crippen molar-refractivity contribution in [2.24, 2.45) is 5.16 Å². The molecule has 0 saturated heterocycles. The van der Waals surface area contributed by atoms with Crippen LogP contribution in [0.25, 0.3) is 0 Å². The number of carbonyl (C=O) groups excluding carboxylic acids is 1. The van der Waals surface area contributed by atoms with Gasteiger partial charge in [0.25, 0.3) is 5.91 Å². The van der Waals surface area contributed by atoms with Crippen LogP contribution in [0, 0.1) is 18.6 Å². The number of nitrogens with zero attached hydrogens (tertiary/aromatic N) is 1. The van der Waals surface area contributed by atoms with Crippen LogP contribution in [0.3, 0.4) is 0 Å². The van der Waals surface area contributed by atoms with Gasteiger partial charge in [0.2, 0.25) is 0 Å². The molecule has 0 spiro atoms. The molecule has 0 aliphatic heterocycles. The summed E-state index contributed by atoms with van der Waals surface area (Å²) in [5.74, 6) is -2.25. The summed E-state index contributed by atoms with van der Waals surface area (Å²) in [5, 5.41) is 5.73. The molecule has 0 bridgehead atoms. The van der Waals surface area contributed by atoms with E-state index in [2.05, 4.69) is 10.5 Å². The van der Waals surface area contributed by atoms with E-state index in [1.54, 1.807) is 0 Å². The zero-order valence-electron chi connectivity index (χ0n) is 11.8. The monoisotopic (exact) mass is 304 g/mol. The zero-order chi connectivity index (χ0) is 15.9. The highest BCUT2D eigenvalue weighted by atomic mass is 19.1. The summed E-state index contributed by atoms with van der Waals surface area (Å²) >= 11 is 0. The summed E-state index contributed by atoms with van der Waals surface area (Å²) in [4.78, 5) is 16.5. The molecule has 2 aromatic rings. The van der Waals surface area contributed by atoms with Crippen LogP contribution in [0.5, 0.6) is 0 Å². The van der Waals surface area contributed by atoms with Crippen molar-refractivity contribution < 1.29 is 18.4 Å². The van der Waals surface area contributed by atoms with E-state index in [4.69, 9.17) is 4.84 Å². The van der Waals surface area contributed by atoms with Crippen LogP contribution < -0.4 is 5.32 Å². The normalized spacial score (nSPS) is 10.7. The van der Waals surface area contributed by atoms with Gasteiger partial charge in [-0.15, -0.1) is 0 Å². The minimum atomic E-state index is -0.859. The van der Waals surface area contributed by atoms with Crippen molar-refractivity contribution in [3.05, 3.63) is 65.2 Å². The molecule has 0 aliphatic carbocycles. The first-order valence-corrected chi connectivity index (χ1v) is 6.51. The average molecular weight is 304 g/mol. The van der Waals surface area contributed by atoms with Gasteiger partial charge in [-0.2, -0.15) is 0 Å². The van der Waals surface area contributed by atoms with E-state index in [1.165, 1.54) is 0 Å². The lowest BCUT2D eigenvalue weighted by atomic mass is 10.2. The van der Waals surface area contributed by atoms with E-state index in [0.717, 1.165) is 29.5 Å². The Kier molecular flexibility index (Phi) is 5.19. The molecule has 0 radical (unpaired) electrons. The lowest BCUT2D eigenvalue weighted by molar-refractivity contribution is -0.110. The van der Waals surface area contributed by atoms with Gasteiger partial charge in [-0.05, 0) is 24.6 Å². The number of hydrogen-bond acceptors (Lipinski definition) is 3. The molecule has 2 aromatic carbocycles. The van der Waals surface area contributed by atoms with Crippen molar-refractivity contribution in [2.45, 2.75) is 13.5 Å². The largest absolute Gasteiger partial charge is 0.391 e. The average Bonchev–Trinajstić information content (AvgIpc) is 2.48. The molecule has 0 unspecified atom stereocenters. The van der Waals surface area contributed by atoms with Crippen molar-refractivity contribution in [1.29, 1.82) is 0 Å². The summed E-state index contributed by atoms with van der Waals surface area (Å²) < 4.78 is 26.0. The van der Waals surface area contributed by atoms with Crippen LogP contribution in [0.2, 0.25) is 0 Å². The molecule has 6 heteroatoms. The molecule has 114 valence electrons. The van der Waals surface area contributed by atoms with E-state index in [1.807, 2.05) is 31.2 Å². The Balaban J connectivity index is 1.82. The smallest absolute Gasteiger partial charge is 0.270 e. The molecule has 0 aromatic heterocycles. The third-order valence-corrected chi connectivity index (χ3v) is 2.79. The lowest BCUT2D eigenvalue weighted by Gasteiger charge is -2.03. The first kappa shape index (κ1) is 15.6.